The zero-order chi connectivity index (χ0) is 14.7. The van der Waals surface area contributed by atoms with Crippen LogP contribution in [-0.4, -0.2) is 12.6 Å². The number of para-hydroxylation sites is 1. The molecule has 0 aliphatic carbocycles. The third-order valence-corrected chi connectivity index (χ3v) is 3.83. The molecule has 1 heterocycles. The zero-order valence-electron chi connectivity index (χ0n) is 12.2. The van der Waals surface area contributed by atoms with E-state index in [1.165, 1.54) is 5.56 Å². The van der Waals surface area contributed by atoms with Crippen molar-refractivity contribution in [1.29, 1.82) is 0 Å². The van der Waals surface area contributed by atoms with Crippen LogP contribution in [0.1, 0.15) is 23.6 Å². The molecular formula is C17H21N3O. The molecule has 1 fully saturated rings. The quantitative estimate of drug-likeness (QED) is 0.755. The molecule has 2 aromatic carbocycles. The molecule has 0 amide bonds. The Kier molecular flexibility index (Phi) is 4.08. The maximum Gasteiger partial charge on any atom is 0.122 e. The molecule has 4 N–H and O–H groups in total. The molecule has 0 aromatic heterocycles. The molecule has 1 aliphatic heterocycles. The summed E-state index contributed by atoms with van der Waals surface area (Å²) >= 11 is 0. The first kappa shape index (κ1) is 13.9. The van der Waals surface area contributed by atoms with Crippen molar-refractivity contribution in [2.24, 2.45) is 0 Å². The lowest BCUT2D eigenvalue weighted by atomic mass is 10.0. The van der Waals surface area contributed by atoms with Crippen LogP contribution in [0.25, 0.3) is 0 Å². The van der Waals surface area contributed by atoms with Crippen molar-refractivity contribution in [3.05, 3.63) is 59.7 Å². The summed E-state index contributed by atoms with van der Waals surface area (Å²) < 4.78 is 5.90. The normalized spacial score (nSPS) is 21.4. The summed E-state index contributed by atoms with van der Waals surface area (Å²) in [5.41, 5.74) is 15.6. The van der Waals surface area contributed by atoms with E-state index in [2.05, 4.69) is 29.9 Å². The summed E-state index contributed by atoms with van der Waals surface area (Å²) in [5, 5.41) is 0. The number of nitrogens with two attached hydrogens (primary N) is 1. The van der Waals surface area contributed by atoms with Crippen LogP contribution >= 0.6 is 0 Å². The number of aryl methyl sites for hydroxylation is 1. The SMILES string of the molecule is Cc1ccccc1OCC1CC(c2cccc(N)c2)NN1. The average Bonchev–Trinajstić information content (AvgIpc) is 2.95. The largest absolute Gasteiger partial charge is 0.492 e. The van der Waals surface area contributed by atoms with E-state index in [4.69, 9.17) is 10.5 Å². The topological polar surface area (TPSA) is 59.3 Å². The molecule has 0 saturated carbocycles. The molecule has 0 radical (unpaired) electrons. The molecule has 21 heavy (non-hydrogen) atoms. The van der Waals surface area contributed by atoms with E-state index in [0.717, 1.165) is 23.4 Å². The highest BCUT2D eigenvalue weighted by Crippen LogP contribution is 2.24. The van der Waals surface area contributed by atoms with Gasteiger partial charge in [-0.3, -0.25) is 5.43 Å². The van der Waals surface area contributed by atoms with Crippen molar-refractivity contribution >= 4 is 5.69 Å². The minimum Gasteiger partial charge on any atom is -0.492 e. The molecule has 2 unspecified atom stereocenters. The molecular weight excluding hydrogens is 262 g/mol. The Morgan fingerprint density at radius 2 is 2.00 bits per heavy atom. The molecule has 1 aliphatic rings. The molecule has 3 rings (SSSR count). The van der Waals surface area contributed by atoms with Gasteiger partial charge in [0.25, 0.3) is 0 Å². The number of hydrogen-bond acceptors (Lipinski definition) is 4. The minimum absolute atomic E-state index is 0.277. The van der Waals surface area contributed by atoms with Crippen molar-refractivity contribution in [2.75, 3.05) is 12.3 Å². The lowest BCUT2D eigenvalue weighted by Crippen LogP contribution is -2.34. The van der Waals surface area contributed by atoms with Gasteiger partial charge in [0.1, 0.15) is 12.4 Å². The first-order valence-electron chi connectivity index (χ1n) is 7.27. The summed E-state index contributed by atoms with van der Waals surface area (Å²) in [6.07, 6.45) is 0.981. The smallest absolute Gasteiger partial charge is 0.122 e. The van der Waals surface area contributed by atoms with Gasteiger partial charge in [0.05, 0.1) is 6.04 Å². The third kappa shape index (κ3) is 3.35. The molecule has 2 atom stereocenters. The Labute approximate surface area is 125 Å². The van der Waals surface area contributed by atoms with Gasteiger partial charge in [0.15, 0.2) is 0 Å². The van der Waals surface area contributed by atoms with Gasteiger partial charge in [-0.2, -0.15) is 0 Å². The van der Waals surface area contributed by atoms with E-state index in [-0.39, 0.29) is 12.1 Å². The number of benzene rings is 2. The Morgan fingerprint density at radius 1 is 1.14 bits per heavy atom. The van der Waals surface area contributed by atoms with E-state index in [1.54, 1.807) is 0 Å². The van der Waals surface area contributed by atoms with Crippen LogP contribution in [-0.2, 0) is 0 Å². The number of ether oxygens (including phenoxy) is 1. The second-order valence-corrected chi connectivity index (χ2v) is 5.52. The van der Waals surface area contributed by atoms with E-state index < -0.39 is 0 Å². The highest BCUT2D eigenvalue weighted by molar-refractivity contribution is 5.42. The second-order valence-electron chi connectivity index (χ2n) is 5.52. The van der Waals surface area contributed by atoms with Crippen LogP contribution in [0, 0.1) is 6.92 Å². The van der Waals surface area contributed by atoms with Gasteiger partial charge in [-0.25, -0.2) is 5.43 Å². The molecule has 4 nitrogen and oxygen atoms in total. The zero-order valence-corrected chi connectivity index (χ0v) is 12.2. The Bertz CT molecular complexity index is 614. The van der Waals surface area contributed by atoms with Crippen molar-refractivity contribution in [3.63, 3.8) is 0 Å². The number of hydrogen-bond donors (Lipinski definition) is 3. The van der Waals surface area contributed by atoms with Crippen molar-refractivity contribution in [3.8, 4) is 5.75 Å². The van der Waals surface area contributed by atoms with Crippen LogP contribution in [0.2, 0.25) is 0 Å². The molecule has 0 spiro atoms. The predicted molar refractivity (Wildman–Crippen MR) is 84.9 cm³/mol. The second kappa shape index (κ2) is 6.16. The van der Waals surface area contributed by atoms with Crippen molar-refractivity contribution in [2.45, 2.75) is 25.4 Å². The van der Waals surface area contributed by atoms with Gasteiger partial charge in [0, 0.05) is 11.7 Å². The van der Waals surface area contributed by atoms with Gasteiger partial charge >= 0.3 is 0 Å². The predicted octanol–water partition coefficient (Wildman–Crippen LogP) is 2.56. The van der Waals surface area contributed by atoms with Crippen LogP contribution in [0.3, 0.4) is 0 Å². The Morgan fingerprint density at radius 3 is 2.81 bits per heavy atom. The van der Waals surface area contributed by atoms with Crippen molar-refractivity contribution in [1.82, 2.24) is 10.9 Å². The van der Waals surface area contributed by atoms with Gasteiger partial charge in [-0.15, -0.1) is 0 Å². The van der Waals surface area contributed by atoms with Crippen LogP contribution < -0.4 is 21.3 Å². The maximum atomic E-state index is 5.90. The van der Waals surface area contributed by atoms with E-state index in [1.807, 2.05) is 36.4 Å². The van der Waals surface area contributed by atoms with Gasteiger partial charge in [-0.1, -0.05) is 30.3 Å². The third-order valence-electron chi connectivity index (χ3n) is 3.83. The van der Waals surface area contributed by atoms with Gasteiger partial charge < -0.3 is 10.5 Å². The molecule has 2 aromatic rings. The highest BCUT2D eigenvalue weighted by Gasteiger charge is 2.25. The standard InChI is InChI=1S/C17H21N3O/c1-12-5-2-3-8-17(12)21-11-15-10-16(20-19-15)13-6-4-7-14(18)9-13/h2-9,15-16,19-20H,10-11,18H2,1H3. The fourth-order valence-corrected chi connectivity index (χ4v) is 2.63. The van der Waals surface area contributed by atoms with Crippen molar-refractivity contribution < 1.29 is 4.74 Å². The lowest BCUT2D eigenvalue weighted by molar-refractivity contribution is 0.271. The first-order chi connectivity index (χ1) is 10.2. The van der Waals surface area contributed by atoms with Gasteiger partial charge in [0.2, 0.25) is 0 Å². The number of anilines is 1. The number of nitrogens with one attached hydrogen (secondary N) is 2. The Hall–Kier alpha value is -2.04. The summed E-state index contributed by atoms with van der Waals surface area (Å²) in [5.74, 6) is 0.951. The summed E-state index contributed by atoms with van der Waals surface area (Å²) in [7, 11) is 0. The van der Waals surface area contributed by atoms with E-state index in [9.17, 15) is 0 Å². The Balaban J connectivity index is 1.57. The van der Waals surface area contributed by atoms with E-state index in [0.29, 0.717) is 6.61 Å². The van der Waals surface area contributed by atoms with E-state index >= 15 is 0 Å². The summed E-state index contributed by atoms with van der Waals surface area (Å²) in [6, 6.07) is 16.7. The maximum absolute atomic E-state index is 5.90. The summed E-state index contributed by atoms with van der Waals surface area (Å²) in [6.45, 7) is 2.71. The van der Waals surface area contributed by atoms with Gasteiger partial charge in [-0.05, 0) is 42.7 Å². The highest BCUT2D eigenvalue weighted by atomic mass is 16.5. The minimum atomic E-state index is 0.277. The average molecular weight is 283 g/mol. The number of rotatable bonds is 4. The molecule has 110 valence electrons. The van der Waals surface area contributed by atoms with Crippen LogP contribution in [0.4, 0.5) is 5.69 Å². The molecule has 4 heteroatoms. The molecule has 1 saturated heterocycles. The summed E-state index contributed by atoms with van der Waals surface area (Å²) in [4.78, 5) is 0. The van der Waals surface area contributed by atoms with Crippen LogP contribution in [0.15, 0.2) is 48.5 Å². The van der Waals surface area contributed by atoms with Crippen LogP contribution in [0.5, 0.6) is 5.75 Å². The fraction of sp³-hybridized carbons (Fsp3) is 0.294. The number of nitrogen functional groups attached to an aromatic ring is 1. The molecule has 0 bridgehead atoms. The fourth-order valence-electron chi connectivity index (χ4n) is 2.63. The lowest BCUT2D eigenvalue weighted by Gasteiger charge is -2.13. The monoisotopic (exact) mass is 283 g/mol. The number of hydrazine groups is 1. The first-order valence-corrected chi connectivity index (χ1v) is 7.27.